The van der Waals surface area contributed by atoms with E-state index in [0.717, 1.165) is 29.2 Å². The van der Waals surface area contributed by atoms with E-state index in [1.807, 2.05) is 22.4 Å². The topological polar surface area (TPSA) is 52.2 Å². The van der Waals surface area contributed by atoms with Gasteiger partial charge in [0, 0.05) is 37.7 Å². The van der Waals surface area contributed by atoms with E-state index in [1.165, 1.54) is 12.1 Å². The third-order valence-corrected chi connectivity index (χ3v) is 5.91. The molecule has 0 atom stereocenters. The van der Waals surface area contributed by atoms with Crippen molar-refractivity contribution < 1.29 is 9.18 Å². The van der Waals surface area contributed by atoms with Gasteiger partial charge >= 0.3 is 0 Å². The monoisotopic (exact) mass is 404 g/mol. The van der Waals surface area contributed by atoms with Gasteiger partial charge in [-0.25, -0.2) is 4.39 Å². The molecule has 140 valence electrons. The largest absolute Gasteiger partial charge is 0.335 e. The molecule has 1 amide bonds. The molecule has 1 fully saturated rings. The van der Waals surface area contributed by atoms with E-state index in [-0.39, 0.29) is 11.7 Å². The highest BCUT2D eigenvalue weighted by molar-refractivity contribution is 7.13. The molecule has 3 heterocycles. The van der Waals surface area contributed by atoms with E-state index < -0.39 is 0 Å². The number of halogens is 2. The summed E-state index contributed by atoms with van der Waals surface area (Å²) in [5.41, 5.74) is 2.19. The van der Waals surface area contributed by atoms with Crippen molar-refractivity contribution in [3.8, 4) is 10.6 Å². The number of carbonyl (C=O) groups excluding carboxylic acids is 1. The first-order valence-corrected chi connectivity index (χ1v) is 9.91. The van der Waals surface area contributed by atoms with Gasteiger partial charge in [-0.05, 0) is 35.2 Å². The van der Waals surface area contributed by atoms with E-state index in [9.17, 15) is 9.18 Å². The van der Waals surface area contributed by atoms with Crippen LogP contribution in [0.3, 0.4) is 0 Å². The van der Waals surface area contributed by atoms with E-state index in [0.29, 0.717) is 30.4 Å². The number of piperazine rings is 1. The zero-order valence-corrected chi connectivity index (χ0v) is 16.1. The lowest BCUT2D eigenvalue weighted by Crippen LogP contribution is -2.48. The zero-order chi connectivity index (χ0) is 18.8. The predicted molar refractivity (Wildman–Crippen MR) is 104 cm³/mol. The lowest BCUT2D eigenvalue weighted by molar-refractivity contribution is 0.0622. The standard InChI is InChI=1S/C19H18ClFN4OS/c20-15-10-14(21)4-3-13(15)12-24-5-7-25(8-6-24)19(26)17-11-16(22-23-17)18-2-1-9-27-18/h1-4,9-11H,5-8,12H2,(H,22,23). The Morgan fingerprint density at radius 2 is 2.04 bits per heavy atom. The molecule has 0 saturated carbocycles. The first-order chi connectivity index (χ1) is 13.1. The number of thiophene rings is 1. The van der Waals surface area contributed by atoms with Crippen molar-refractivity contribution in [1.29, 1.82) is 0 Å². The van der Waals surface area contributed by atoms with Gasteiger partial charge in [-0.2, -0.15) is 5.10 Å². The minimum atomic E-state index is -0.333. The second-order valence-electron chi connectivity index (χ2n) is 6.45. The Balaban J connectivity index is 1.35. The van der Waals surface area contributed by atoms with Crippen LogP contribution in [0.1, 0.15) is 16.1 Å². The molecular formula is C19H18ClFN4OS. The fourth-order valence-electron chi connectivity index (χ4n) is 3.15. The normalized spacial score (nSPS) is 15.3. The highest BCUT2D eigenvalue weighted by Gasteiger charge is 2.24. The molecule has 0 bridgehead atoms. The molecule has 0 spiro atoms. The smallest absolute Gasteiger partial charge is 0.274 e. The van der Waals surface area contributed by atoms with E-state index in [4.69, 9.17) is 11.6 Å². The van der Waals surface area contributed by atoms with Crippen LogP contribution in [0.2, 0.25) is 5.02 Å². The SMILES string of the molecule is O=C(c1cc(-c2cccs2)[nH]n1)N1CCN(Cc2ccc(F)cc2Cl)CC1. The van der Waals surface area contributed by atoms with Crippen LogP contribution in [-0.2, 0) is 6.54 Å². The Bertz CT molecular complexity index is 935. The molecule has 5 nitrogen and oxygen atoms in total. The van der Waals surface area contributed by atoms with Gasteiger partial charge in [0.25, 0.3) is 5.91 Å². The number of amides is 1. The molecule has 1 N–H and O–H groups in total. The minimum Gasteiger partial charge on any atom is -0.335 e. The number of nitrogens with one attached hydrogen (secondary N) is 1. The number of rotatable bonds is 4. The van der Waals surface area contributed by atoms with Crippen molar-refractivity contribution in [2.75, 3.05) is 26.2 Å². The molecule has 8 heteroatoms. The van der Waals surface area contributed by atoms with Gasteiger partial charge in [0.05, 0.1) is 10.6 Å². The lowest BCUT2D eigenvalue weighted by Gasteiger charge is -2.34. The molecule has 3 aromatic rings. The van der Waals surface area contributed by atoms with Crippen LogP contribution >= 0.6 is 22.9 Å². The Hall–Kier alpha value is -2.22. The summed E-state index contributed by atoms with van der Waals surface area (Å²) in [6, 6.07) is 10.2. The van der Waals surface area contributed by atoms with E-state index in [2.05, 4.69) is 15.1 Å². The Labute approximate surface area is 165 Å². The van der Waals surface area contributed by atoms with Crippen molar-refractivity contribution in [3.05, 3.63) is 63.9 Å². The average Bonchev–Trinajstić information content (AvgIpc) is 3.35. The maximum atomic E-state index is 13.2. The average molecular weight is 405 g/mol. The van der Waals surface area contributed by atoms with Gasteiger partial charge in [0.2, 0.25) is 0 Å². The highest BCUT2D eigenvalue weighted by Crippen LogP contribution is 2.24. The molecule has 1 saturated heterocycles. The van der Waals surface area contributed by atoms with Crippen molar-refractivity contribution in [1.82, 2.24) is 20.0 Å². The second-order valence-corrected chi connectivity index (χ2v) is 7.80. The molecule has 0 unspecified atom stereocenters. The van der Waals surface area contributed by atoms with Gasteiger partial charge in [-0.3, -0.25) is 14.8 Å². The van der Waals surface area contributed by atoms with Crippen molar-refractivity contribution >= 4 is 28.8 Å². The van der Waals surface area contributed by atoms with Crippen LogP contribution in [0, 0.1) is 5.82 Å². The minimum absolute atomic E-state index is 0.0616. The van der Waals surface area contributed by atoms with Crippen LogP contribution in [0.15, 0.2) is 41.8 Å². The fourth-order valence-corrected chi connectivity index (χ4v) is 4.07. The summed E-state index contributed by atoms with van der Waals surface area (Å²) in [6.07, 6.45) is 0. The number of H-pyrrole nitrogens is 1. The molecule has 1 aliphatic heterocycles. The third-order valence-electron chi connectivity index (χ3n) is 4.65. The summed E-state index contributed by atoms with van der Waals surface area (Å²) in [6.45, 7) is 3.37. The Kier molecular flexibility index (Phi) is 5.24. The molecular weight excluding hydrogens is 387 g/mol. The molecule has 1 aliphatic rings. The lowest BCUT2D eigenvalue weighted by atomic mass is 10.2. The summed E-state index contributed by atoms with van der Waals surface area (Å²) in [5.74, 6) is -0.395. The summed E-state index contributed by atoms with van der Waals surface area (Å²) in [4.78, 5) is 17.8. The molecule has 4 rings (SSSR count). The van der Waals surface area contributed by atoms with Gasteiger partial charge in [0.15, 0.2) is 5.69 Å². The zero-order valence-electron chi connectivity index (χ0n) is 14.5. The van der Waals surface area contributed by atoms with E-state index in [1.54, 1.807) is 23.5 Å². The van der Waals surface area contributed by atoms with Crippen molar-refractivity contribution in [3.63, 3.8) is 0 Å². The summed E-state index contributed by atoms with van der Waals surface area (Å²) < 4.78 is 13.2. The second kappa shape index (κ2) is 7.80. The first-order valence-electron chi connectivity index (χ1n) is 8.65. The molecule has 0 radical (unpaired) electrons. The van der Waals surface area contributed by atoms with Crippen LogP contribution in [0.25, 0.3) is 10.6 Å². The van der Waals surface area contributed by atoms with Crippen LogP contribution in [0.4, 0.5) is 4.39 Å². The Morgan fingerprint density at radius 3 is 2.74 bits per heavy atom. The number of aromatic amines is 1. The maximum absolute atomic E-state index is 13.2. The maximum Gasteiger partial charge on any atom is 0.274 e. The number of carbonyl (C=O) groups is 1. The Morgan fingerprint density at radius 1 is 1.22 bits per heavy atom. The van der Waals surface area contributed by atoms with Gasteiger partial charge in [0.1, 0.15) is 5.82 Å². The predicted octanol–water partition coefficient (Wildman–Crippen LogP) is 3.89. The summed E-state index contributed by atoms with van der Waals surface area (Å²) >= 11 is 7.71. The van der Waals surface area contributed by atoms with E-state index >= 15 is 0 Å². The van der Waals surface area contributed by atoms with Crippen LogP contribution < -0.4 is 0 Å². The van der Waals surface area contributed by atoms with Crippen LogP contribution in [0.5, 0.6) is 0 Å². The highest BCUT2D eigenvalue weighted by atomic mass is 35.5. The van der Waals surface area contributed by atoms with Gasteiger partial charge in [-0.15, -0.1) is 11.3 Å². The number of nitrogens with zero attached hydrogens (tertiary/aromatic N) is 3. The number of aromatic nitrogens is 2. The van der Waals surface area contributed by atoms with Gasteiger partial charge in [-0.1, -0.05) is 23.7 Å². The van der Waals surface area contributed by atoms with Crippen molar-refractivity contribution in [2.24, 2.45) is 0 Å². The number of hydrogen-bond acceptors (Lipinski definition) is 4. The first kappa shape index (κ1) is 18.2. The molecule has 27 heavy (non-hydrogen) atoms. The fraction of sp³-hybridized carbons (Fsp3) is 0.263. The number of benzene rings is 1. The molecule has 0 aliphatic carbocycles. The molecule has 2 aromatic heterocycles. The summed E-state index contributed by atoms with van der Waals surface area (Å²) in [7, 11) is 0. The third kappa shape index (κ3) is 4.05. The molecule has 1 aromatic carbocycles. The van der Waals surface area contributed by atoms with Crippen LogP contribution in [-0.4, -0.2) is 52.1 Å². The number of hydrogen-bond donors (Lipinski definition) is 1. The van der Waals surface area contributed by atoms with Crippen molar-refractivity contribution in [2.45, 2.75) is 6.54 Å². The quantitative estimate of drug-likeness (QED) is 0.717. The summed E-state index contributed by atoms with van der Waals surface area (Å²) in [5, 5.41) is 9.54. The van der Waals surface area contributed by atoms with Gasteiger partial charge < -0.3 is 4.90 Å².